The summed E-state index contributed by atoms with van der Waals surface area (Å²) in [7, 11) is 0. The molecule has 0 saturated carbocycles. The predicted octanol–water partition coefficient (Wildman–Crippen LogP) is 4.32. The molecule has 1 nitrogen and oxygen atoms in total. The highest BCUT2D eigenvalue weighted by Crippen LogP contribution is 2.16. The number of benzene rings is 2. The van der Waals surface area contributed by atoms with Crippen molar-refractivity contribution in [2.24, 2.45) is 0 Å². The van der Waals surface area contributed by atoms with E-state index in [1.807, 2.05) is 24.3 Å². The Kier molecular flexibility index (Phi) is 3.92. The van der Waals surface area contributed by atoms with Crippen LogP contribution < -0.4 is 0 Å². The van der Waals surface area contributed by atoms with Gasteiger partial charge in [-0.05, 0) is 36.2 Å². The first-order valence-corrected chi connectivity index (χ1v) is 6.40. The van der Waals surface area contributed by atoms with Crippen molar-refractivity contribution in [2.45, 2.75) is 13.3 Å². The Bertz CT molecular complexity index is 576. The van der Waals surface area contributed by atoms with Crippen LogP contribution in [0.3, 0.4) is 0 Å². The van der Waals surface area contributed by atoms with Gasteiger partial charge in [0.1, 0.15) is 5.82 Å². The summed E-state index contributed by atoms with van der Waals surface area (Å²) in [6, 6.07) is 12.3. The highest BCUT2D eigenvalue weighted by molar-refractivity contribution is 9.10. The molecule has 0 unspecified atom stereocenters. The molecule has 0 heterocycles. The molecule has 0 spiro atoms. The van der Waals surface area contributed by atoms with E-state index in [1.54, 1.807) is 19.1 Å². The zero-order chi connectivity index (χ0) is 13.1. The van der Waals surface area contributed by atoms with Crippen LogP contribution in [-0.2, 0) is 6.42 Å². The Hall–Kier alpha value is -1.48. The predicted molar refractivity (Wildman–Crippen MR) is 73.3 cm³/mol. The number of ketones is 1. The van der Waals surface area contributed by atoms with Crippen molar-refractivity contribution in [1.82, 2.24) is 0 Å². The number of hydrogen-bond acceptors (Lipinski definition) is 1. The third kappa shape index (κ3) is 2.85. The molecule has 3 heteroatoms. The van der Waals surface area contributed by atoms with Gasteiger partial charge in [0.15, 0.2) is 5.78 Å². The lowest BCUT2D eigenvalue weighted by Crippen LogP contribution is -2.07. The Balaban J connectivity index is 2.22. The molecule has 0 aliphatic rings. The van der Waals surface area contributed by atoms with Crippen molar-refractivity contribution < 1.29 is 9.18 Å². The van der Waals surface area contributed by atoms with Gasteiger partial charge >= 0.3 is 0 Å². The Labute approximate surface area is 114 Å². The maximum Gasteiger partial charge on any atom is 0.170 e. The molecule has 0 atom stereocenters. The second kappa shape index (κ2) is 5.44. The monoisotopic (exact) mass is 306 g/mol. The van der Waals surface area contributed by atoms with Crippen LogP contribution in [0, 0.1) is 12.7 Å². The fraction of sp³-hybridized carbons (Fsp3) is 0.133. The zero-order valence-corrected chi connectivity index (χ0v) is 11.5. The SMILES string of the molecule is Cc1cccc(C(=O)Cc2ccc(Br)cc2)c1F. The van der Waals surface area contributed by atoms with Crippen molar-refractivity contribution in [3.63, 3.8) is 0 Å². The lowest BCUT2D eigenvalue weighted by molar-refractivity contribution is 0.0989. The van der Waals surface area contributed by atoms with E-state index in [0.29, 0.717) is 5.56 Å². The third-order valence-electron chi connectivity index (χ3n) is 2.77. The smallest absolute Gasteiger partial charge is 0.170 e. The molecule has 0 N–H and O–H groups in total. The second-order valence-electron chi connectivity index (χ2n) is 4.16. The van der Waals surface area contributed by atoms with Crippen molar-refractivity contribution in [1.29, 1.82) is 0 Å². The van der Waals surface area contributed by atoms with Crippen LogP contribution in [0.4, 0.5) is 4.39 Å². The highest BCUT2D eigenvalue weighted by atomic mass is 79.9. The van der Waals surface area contributed by atoms with E-state index >= 15 is 0 Å². The van der Waals surface area contributed by atoms with Gasteiger partial charge < -0.3 is 0 Å². The van der Waals surface area contributed by atoms with E-state index in [-0.39, 0.29) is 17.8 Å². The van der Waals surface area contributed by atoms with E-state index in [0.717, 1.165) is 10.0 Å². The minimum Gasteiger partial charge on any atom is -0.294 e. The van der Waals surface area contributed by atoms with Gasteiger partial charge in [0.25, 0.3) is 0 Å². The molecule has 2 rings (SSSR count). The van der Waals surface area contributed by atoms with Crippen molar-refractivity contribution in [3.8, 4) is 0 Å². The highest BCUT2D eigenvalue weighted by Gasteiger charge is 2.13. The van der Waals surface area contributed by atoms with Gasteiger partial charge in [-0.1, -0.05) is 40.2 Å². The number of hydrogen-bond donors (Lipinski definition) is 0. The molecule has 2 aromatic carbocycles. The molecule has 2 aromatic rings. The number of Topliss-reactive ketones (excluding diaryl/α,β-unsaturated/α-hetero) is 1. The van der Waals surface area contributed by atoms with E-state index in [4.69, 9.17) is 0 Å². The van der Waals surface area contributed by atoms with Crippen molar-refractivity contribution in [2.75, 3.05) is 0 Å². The van der Waals surface area contributed by atoms with Gasteiger partial charge in [-0.3, -0.25) is 4.79 Å². The van der Waals surface area contributed by atoms with Crippen LogP contribution in [0.15, 0.2) is 46.9 Å². The molecule has 0 aliphatic carbocycles. The van der Waals surface area contributed by atoms with Crippen molar-refractivity contribution in [3.05, 3.63) is 69.4 Å². The van der Waals surface area contributed by atoms with Gasteiger partial charge in [0.05, 0.1) is 5.56 Å². The Morgan fingerprint density at radius 3 is 2.50 bits per heavy atom. The lowest BCUT2D eigenvalue weighted by atomic mass is 10.0. The number of aryl methyl sites for hydroxylation is 1. The van der Waals surface area contributed by atoms with Gasteiger partial charge in [0, 0.05) is 10.9 Å². The molecular formula is C15H12BrFO. The summed E-state index contributed by atoms with van der Waals surface area (Å²) in [5.74, 6) is -0.613. The quantitative estimate of drug-likeness (QED) is 0.772. The maximum atomic E-state index is 13.8. The summed E-state index contributed by atoms with van der Waals surface area (Å²) in [4.78, 5) is 12.0. The molecule has 0 radical (unpaired) electrons. The molecule has 0 aliphatic heterocycles. The van der Waals surface area contributed by atoms with E-state index in [1.165, 1.54) is 6.07 Å². The standard InChI is InChI=1S/C15H12BrFO/c1-10-3-2-4-13(15(10)17)14(18)9-11-5-7-12(16)8-6-11/h2-8H,9H2,1H3. The van der Waals surface area contributed by atoms with Gasteiger partial charge in [-0.25, -0.2) is 4.39 Å². The fourth-order valence-corrected chi connectivity index (χ4v) is 2.01. The molecule has 0 amide bonds. The number of carbonyl (C=O) groups excluding carboxylic acids is 1. The van der Waals surface area contributed by atoms with E-state index in [2.05, 4.69) is 15.9 Å². The molecule has 0 saturated heterocycles. The molecule has 0 aromatic heterocycles. The first kappa shape index (κ1) is 13.0. The van der Waals surface area contributed by atoms with Crippen LogP contribution in [-0.4, -0.2) is 5.78 Å². The van der Waals surface area contributed by atoms with E-state index in [9.17, 15) is 9.18 Å². The summed E-state index contributed by atoms with van der Waals surface area (Å²) in [6.45, 7) is 1.66. The summed E-state index contributed by atoms with van der Waals surface area (Å²) in [5.41, 5.74) is 1.54. The minimum atomic E-state index is -0.417. The maximum absolute atomic E-state index is 13.8. The molecular weight excluding hydrogens is 295 g/mol. The Morgan fingerprint density at radius 1 is 1.17 bits per heavy atom. The van der Waals surface area contributed by atoms with Gasteiger partial charge in [-0.15, -0.1) is 0 Å². The van der Waals surface area contributed by atoms with Crippen LogP contribution in [0.5, 0.6) is 0 Å². The average Bonchev–Trinajstić information content (AvgIpc) is 2.35. The number of halogens is 2. The number of carbonyl (C=O) groups is 1. The molecule has 18 heavy (non-hydrogen) atoms. The Morgan fingerprint density at radius 2 is 1.83 bits per heavy atom. The fourth-order valence-electron chi connectivity index (χ4n) is 1.75. The van der Waals surface area contributed by atoms with Crippen molar-refractivity contribution >= 4 is 21.7 Å². The van der Waals surface area contributed by atoms with Crippen LogP contribution in [0.25, 0.3) is 0 Å². The first-order valence-electron chi connectivity index (χ1n) is 5.60. The van der Waals surface area contributed by atoms with Gasteiger partial charge in [-0.2, -0.15) is 0 Å². The van der Waals surface area contributed by atoms with Gasteiger partial charge in [0.2, 0.25) is 0 Å². The second-order valence-corrected chi connectivity index (χ2v) is 5.08. The van der Waals surface area contributed by atoms with E-state index < -0.39 is 5.82 Å². The molecule has 0 fully saturated rings. The molecule has 92 valence electrons. The largest absolute Gasteiger partial charge is 0.294 e. The third-order valence-corrected chi connectivity index (χ3v) is 3.30. The lowest BCUT2D eigenvalue weighted by Gasteiger charge is -2.05. The summed E-state index contributed by atoms with van der Waals surface area (Å²) in [6.07, 6.45) is 0.216. The summed E-state index contributed by atoms with van der Waals surface area (Å²) < 4.78 is 14.7. The minimum absolute atomic E-state index is 0.165. The summed E-state index contributed by atoms with van der Waals surface area (Å²) >= 11 is 3.33. The number of rotatable bonds is 3. The van der Waals surface area contributed by atoms with Crippen LogP contribution >= 0.6 is 15.9 Å². The topological polar surface area (TPSA) is 17.1 Å². The average molecular weight is 307 g/mol. The molecule has 0 bridgehead atoms. The van der Waals surface area contributed by atoms with Crippen LogP contribution in [0.1, 0.15) is 21.5 Å². The summed E-state index contributed by atoms with van der Waals surface area (Å²) in [5, 5.41) is 0. The first-order chi connectivity index (χ1) is 8.58. The zero-order valence-electron chi connectivity index (χ0n) is 9.91. The normalized spacial score (nSPS) is 10.4. The van der Waals surface area contributed by atoms with Crippen LogP contribution in [0.2, 0.25) is 0 Å².